The zero-order valence-corrected chi connectivity index (χ0v) is 16.8. The van der Waals surface area contributed by atoms with Crippen LogP contribution in [-0.4, -0.2) is 41.8 Å². The predicted molar refractivity (Wildman–Crippen MR) is 110 cm³/mol. The van der Waals surface area contributed by atoms with Crippen molar-refractivity contribution in [1.29, 1.82) is 0 Å². The van der Waals surface area contributed by atoms with Gasteiger partial charge < -0.3 is 5.11 Å². The Morgan fingerprint density at radius 1 is 0.880 bits per heavy atom. The van der Waals surface area contributed by atoms with Crippen LogP contribution in [0.5, 0.6) is 0 Å². The van der Waals surface area contributed by atoms with Crippen molar-refractivity contribution in [2.45, 2.75) is 96.8 Å². The summed E-state index contributed by atoms with van der Waals surface area (Å²) in [5.74, 6) is 1.18. The number of aliphatic hydroxyl groups is 1. The minimum absolute atomic E-state index is 0.234. The molecule has 0 radical (unpaired) electrons. The van der Waals surface area contributed by atoms with Gasteiger partial charge in [-0.15, -0.1) is 0 Å². The Balaban J connectivity index is 1.84. The monoisotopic (exact) mass is 351 g/mol. The molecule has 0 aliphatic carbocycles. The van der Waals surface area contributed by atoms with Gasteiger partial charge in [-0.05, 0) is 12.8 Å². The molecule has 0 aromatic heterocycles. The maximum Gasteiger partial charge on any atom is 0.269 e. The molecule has 0 amide bonds. The lowest BCUT2D eigenvalue weighted by atomic mass is 10.0. The number of nitrogens with one attached hydrogen (secondary N) is 1. The maximum absolute atomic E-state index is 9.04. The zero-order chi connectivity index (χ0) is 18.0. The van der Waals surface area contributed by atoms with Crippen LogP contribution in [-0.2, 0) is 0 Å². The van der Waals surface area contributed by atoms with Gasteiger partial charge in [0.05, 0.1) is 6.61 Å². The Hall–Kier alpha value is -0.830. The number of unbranched alkanes of at least 4 members (excludes halogenated alkanes) is 13. The van der Waals surface area contributed by atoms with Crippen LogP contribution in [0.25, 0.3) is 0 Å². The molecule has 1 aliphatic heterocycles. The van der Waals surface area contributed by atoms with E-state index < -0.39 is 0 Å². The molecular formula is C22H43N2O+. The summed E-state index contributed by atoms with van der Waals surface area (Å²) in [5, 5.41) is 12.4. The van der Waals surface area contributed by atoms with Crippen molar-refractivity contribution in [1.82, 2.24) is 5.32 Å². The second-order valence-electron chi connectivity index (χ2n) is 7.46. The topological polar surface area (TPSA) is 35.3 Å². The first-order valence-corrected chi connectivity index (χ1v) is 11.0. The van der Waals surface area contributed by atoms with Gasteiger partial charge in [-0.2, -0.15) is 0 Å². The van der Waals surface area contributed by atoms with Gasteiger partial charge in [0.1, 0.15) is 19.6 Å². The third kappa shape index (κ3) is 12.2. The number of allylic oxidation sites excluding steroid dienone is 1. The average molecular weight is 352 g/mol. The van der Waals surface area contributed by atoms with Gasteiger partial charge in [-0.3, -0.25) is 9.89 Å². The molecule has 0 aromatic rings. The molecule has 3 nitrogen and oxygen atoms in total. The Morgan fingerprint density at radius 2 is 1.44 bits per heavy atom. The molecule has 0 saturated carbocycles. The summed E-state index contributed by atoms with van der Waals surface area (Å²) in [6, 6.07) is 0. The average Bonchev–Trinajstić information content (AvgIpc) is 3.06. The number of nitrogens with zero attached hydrogens (tertiary/aromatic N) is 1. The maximum atomic E-state index is 9.04. The minimum atomic E-state index is 0.234. The molecule has 0 aromatic carbocycles. The molecular weight excluding hydrogens is 308 g/mol. The van der Waals surface area contributed by atoms with Crippen LogP contribution < -0.4 is 5.32 Å². The number of hydrogen-bond acceptors (Lipinski definition) is 2. The molecule has 0 bridgehead atoms. The quantitative estimate of drug-likeness (QED) is 0.285. The summed E-state index contributed by atoms with van der Waals surface area (Å²) in [6.07, 6.45) is 24.1. The minimum Gasteiger partial charge on any atom is -0.392 e. The van der Waals surface area contributed by atoms with Crippen molar-refractivity contribution in [2.24, 2.45) is 0 Å². The van der Waals surface area contributed by atoms with E-state index in [1.807, 2.05) is 0 Å². The van der Waals surface area contributed by atoms with Crippen LogP contribution in [0, 0.1) is 0 Å². The van der Waals surface area contributed by atoms with Crippen LogP contribution in [0.1, 0.15) is 96.8 Å². The molecule has 25 heavy (non-hydrogen) atoms. The van der Waals surface area contributed by atoms with Gasteiger partial charge in [0.25, 0.3) is 5.84 Å². The Kier molecular flexibility index (Phi) is 14.8. The number of amidine groups is 1. The zero-order valence-electron chi connectivity index (χ0n) is 16.8. The number of β-amino-alcohol motifs (C(OH)–C–C–N with tert-alkyl or cyclic N) is 1. The number of aliphatic hydroxyl groups excluding tert-OH is 1. The van der Waals surface area contributed by atoms with Crippen molar-refractivity contribution in [3.63, 3.8) is 0 Å². The van der Waals surface area contributed by atoms with E-state index in [2.05, 4.69) is 29.0 Å². The van der Waals surface area contributed by atoms with Gasteiger partial charge in [0.15, 0.2) is 0 Å². The first kappa shape index (κ1) is 22.2. The third-order valence-corrected chi connectivity index (χ3v) is 5.15. The van der Waals surface area contributed by atoms with Crippen LogP contribution in [0.15, 0.2) is 12.2 Å². The first-order chi connectivity index (χ1) is 12.4. The molecule has 0 atom stereocenters. The molecule has 1 heterocycles. The van der Waals surface area contributed by atoms with Gasteiger partial charge in [-0.1, -0.05) is 90.0 Å². The van der Waals surface area contributed by atoms with E-state index >= 15 is 0 Å². The SMILES string of the molecule is CCCCCCCCCCCCCCC/C=C/C1=[N+](CCO)CCN1. The van der Waals surface area contributed by atoms with Gasteiger partial charge >= 0.3 is 0 Å². The fourth-order valence-corrected chi connectivity index (χ4v) is 3.54. The number of hydrogen-bond donors (Lipinski definition) is 2. The smallest absolute Gasteiger partial charge is 0.269 e. The molecule has 0 fully saturated rings. The van der Waals surface area contributed by atoms with Crippen LogP contribution in [0.4, 0.5) is 0 Å². The molecule has 3 heteroatoms. The molecule has 146 valence electrons. The molecule has 1 aliphatic rings. The summed E-state index contributed by atoms with van der Waals surface area (Å²) in [6.45, 7) is 5.27. The second-order valence-corrected chi connectivity index (χ2v) is 7.46. The van der Waals surface area contributed by atoms with Gasteiger partial charge in [0, 0.05) is 6.08 Å². The van der Waals surface area contributed by atoms with Gasteiger partial charge in [0.2, 0.25) is 0 Å². The van der Waals surface area contributed by atoms with Gasteiger partial charge in [-0.25, -0.2) is 0 Å². The van der Waals surface area contributed by atoms with Crippen molar-refractivity contribution in [2.75, 3.05) is 26.2 Å². The fourth-order valence-electron chi connectivity index (χ4n) is 3.54. The van der Waals surface area contributed by atoms with Crippen LogP contribution >= 0.6 is 0 Å². The third-order valence-electron chi connectivity index (χ3n) is 5.15. The Morgan fingerprint density at radius 3 is 2.00 bits per heavy atom. The molecule has 0 spiro atoms. The highest BCUT2D eigenvalue weighted by Gasteiger charge is 2.16. The lowest BCUT2D eigenvalue weighted by Gasteiger charge is -2.02. The van der Waals surface area contributed by atoms with Crippen molar-refractivity contribution in [3.05, 3.63) is 12.2 Å². The lowest BCUT2D eigenvalue weighted by molar-refractivity contribution is -0.519. The Bertz CT molecular complexity index is 363. The van der Waals surface area contributed by atoms with Crippen LogP contribution in [0.3, 0.4) is 0 Å². The largest absolute Gasteiger partial charge is 0.392 e. The van der Waals surface area contributed by atoms with E-state index in [4.69, 9.17) is 5.11 Å². The van der Waals surface area contributed by atoms with E-state index in [-0.39, 0.29) is 6.61 Å². The summed E-state index contributed by atoms with van der Waals surface area (Å²) in [4.78, 5) is 0. The summed E-state index contributed by atoms with van der Waals surface area (Å²) in [5.41, 5.74) is 0. The number of rotatable bonds is 17. The highest BCUT2D eigenvalue weighted by molar-refractivity contribution is 5.89. The summed E-state index contributed by atoms with van der Waals surface area (Å²) >= 11 is 0. The molecule has 1 rings (SSSR count). The van der Waals surface area contributed by atoms with E-state index in [1.54, 1.807) is 0 Å². The fraction of sp³-hybridized carbons (Fsp3) is 0.864. The molecule has 2 N–H and O–H groups in total. The molecule has 0 saturated heterocycles. The van der Waals surface area contributed by atoms with Crippen molar-refractivity contribution >= 4 is 5.84 Å². The summed E-state index contributed by atoms with van der Waals surface area (Å²) < 4.78 is 2.22. The van der Waals surface area contributed by atoms with Crippen LogP contribution in [0.2, 0.25) is 0 Å². The second kappa shape index (κ2) is 16.6. The standard InChI is InChI=1S/C22H42N2O/c1-2-3-4-5-6-7-8-9-10-11-12-13-14-15-16-17-22-23-18-19-24(22)20-21-25/h16-17,25H,2-15,18-21H2,1H3/p+1/b17-16+. The van der Waals surface area contributed by atoms with E-state index in [0.29, 0.717) is 0 Å². The van der Waals surface area contributed by atoms with Crippen molar-refractivity contribution < 1.29 is 9.68 Å². The van der Waals surface area contributed by atoms with E-state index in [9.17, 15) is 0 Å². The first-order valence-electron chi connectivity index (χ1n) is 11.0. The highest BCUT2D eigenvalue weighted by atomic mass is 16.3. The predicted octanol–water partition coefficient (Wildman–Crippen LogP) is 5.03. The van der Waals surface area contributed by atoms with Crippen molar-refractivity contribution in [3.8, 4) is 0 Å². The molecule has 0 unspecified atom stereocenters. The van der Waals surface area contributed by atoms with E-state index in [0.717, 1.165) is 19.6 Å². The normalized spacial score (nSPS) is 14.6. The van der Waals surface area contributed by atoms with E-state index in [1.165, 1.54) is 95.7 Å². The lowest BCUT2D eigenvalue weighted by Crippen LogP contribution is -2.22. The Labute approximate surface area is 156 Å². The summed E-state index contributed by atoms with van der Waals surface area (Å²) in [7, 11) is 0. The highest BCUT2D eigenvalue weighted by Crippen LogP contribution is 2.13.